The van der Waals surface area contributed by atoms with E-state index in [0.29, 0.717) is 0 Å². The van der Waals surface area contributed by atoms with Crippen molar-refractivity contribution >= 4 is 5.97 Å². The highest BCUT2D eigenvalue weighted by molar-refractivity contribution is 5.68. The van der Waals surface area contributed by atoms with Crippen LogP contribution in [0.3, 0.4) is 0 Å². The minimum absolute atomic E-state index is 0.0793. The number of ether oxygens (including phenoxy) is 1. The summed E-state index contributed by atoms with van der Waals surface area (Å²) in [5.74, 6) is -0.633. The normalized spacial score (nSPS) is 27.1. The summed E-state index contributed by atoms with van der Waals surface area (Å²) < 4.78 is 7.81. The Morgan fingerprint density at radius 1 is 1.50 bits per heavy atom. The van der Waals surface area contributed by atoms with Gasteiger partial charge in [-0.05, 0) is 25.7 Å². The van der Waals surface area contributed by atoms with Crippen LogP contribution in [0.2, 0.25) is 0 Å². The maximum Gasteiger partial charge on any atom is 0.304 e. The smallest absolute Gasteiger partial charge is 0.304 e. The third-order valence-electron chi connectivity index (χ3n) is 3.90. The predicted molar refractivity (Wildman–Crippen MR) is 64.4 cm³/mol. The van der Waals surface area contributed by atoms with Crippen LogP contribution in [-0.2, 0) is 16.1 Å². The van der Waals surface area contributed by atoms with Crippen molar-refractivity contribution in [3.8, 4) is 0 Å². The first kappa shape index (κ1) is 11.7. The van der Waals surface area contributed by atoms with Crippen LogP contribution in [0.5, 0.6) is 0 Å². The Kier molecular flexibility index (Phi) is 3.07. The van der Waals surface area contributed by atoms with Crippen molar-refractivity contribution in [1.29, 1.82) is 0 Å². The van der Waals surface area contributed by atoms with Crippen LogP contribution in [0.1, 0.15) is 55.5 Å². The van der Waals surface area contributed by atoms with E-state index in [2.05, 4.69) is 9.55 Å². The Bertz CT molecular complexity index is 449. The highest BCUT2D eigenvalue weighted by Gasteiger charge is 2.31. The molecular weight excluding hydrogens is 232 g/mol. The van der Waals surface area contributed by atoms with E-state index in [9.17, 15) is 4.79 Å². The van der Waals surface area contributed by atoms with Crippen LogP contribution in [0.25, 0.3) is 0 Å². The molecule has 3 rings (SSSR count). The molecule has 2 unspecified atom stereocenters. The topological polar surface area (TPSA) is 64.3 Å². The van der Waals surface area contributed by atoms with Crippen molar-refractivity contribution in [3.63, 3.8) is 0 Å². The van der Waals surface area contributed by atoms with Crippen molar-refractivity contribution in [2.45, 2.75) is 50.7 Å². The van der Waals surface area contributed by atoms with Gasteiger partial charge in [0, 0.05) is 24.8 Å². The Hall–Kier alpha value is -1.36. The molecule has 5 nitrogen and oxygen atoms in total. The third-order valence-corrected chi connectivity index (χ3v) is 3.90. The lowest BCUT2D eigenvalue weighted by molar-refractivity contribution is -0.137. The molecule has 2 atom stereocenters. The van der Waals surface area contributed by atoms with E-state index in [1.165, 1.54) is 0 Å². The highest BCUT2D eigenvalue weighted by atomic mass is 16.5. The van der Waals surface area contributed by atoms with E-state index < -0.39 is 5.97 Å². The minimum atomic E-state index is -0.729. The van der Waals surface area contributed by atoms with Crippen LogP contribution in [0.4, 0.5) is 0 Å². The Morgan fingerprint density at radius 3 is 3.11 bits per heavy atom. The fourth-order valence-corrected chi connectivity index (χ4v) is 3.12. The van der Waals surface area contributed by atoms with Gasteiger partial charge in [-0.3, -0.25) is 4.79 Å². The summed E-state index contributed by atoms with van der Waals surface area (Å²) in [5.41, 5.74) is 2.09. The molecule has 1 fully saturated rings. The summed E-state index contributed by atoms with van der Waals surface area (Å²) in [7, 11) is 0. The number of hydrogen-bond acceptors (Lipinski definition) is 3. The van der Waals surface area contributed by atoms with Gasteiger partial charge < -0.3 is 14.4 Å². The number of aryl methyl sites for hydroxylation is 1. The van der Waals surface area contributed by atoms with E-state index in [4.69, 9.17) is 9.84 Å². The number of rotatable bonds is 3. The Balaban J connectivity index is 1.92. The van der Waals surface area contributed by atoms with Crippen molar-refractivity contribution in [1.82, 2.24) is 9.55 Å². The van der Waals surface area contributed by atoms with Crippen LogP contribution in [0, 0.1) is 0 Å². The standard InChI is InChI=1S/C13H18N2O3/c16-11(17)7-9-3-1-5-15-8-14-12(13(9)15)10-4-2-6-18-10/h8-10H,1-7H2,(H,16,17). The number of aliphatic carboxylic acids is 1. The van der Waals surface area contributed by atoms with Crippen molar-refractivity contribution in [3.05, 3.63) is 17.7 Å². The summed E-state index contributed by atoms with van der Waals surface area (Å²) in [6, 6.07) is 0. The maximum absolute atomic E-state index is 11.0. The lowest BCUT2D eigenvalue weighted by Crippen LogP contribution is -2.19. The van der Waals surface area contributed by atoms with Crippen LogP contribution >= 0.6 is 0 Å². The van der Waals surface area contributed by atoms with Gasteiger partial charge in [0.2, 0.25) is 0 Å². The number of carboxylic acids is 1. The molecule has 0 saturated carbocycles. The van der Waals surface area contributed by atoms with E-state index in [1.54, 1.807) is 0 Å². The molecule has 1 saturated heterocycles. The SMILES string of the molecule is O=C(O)CC1CCCn2cnc(C3CCCO3)c21. The molecule has 1 aromatic heterocycles. The Morgan fingerprint density at radius 2 is 2.39 bits per heavy atom. The van der Waals surface area contributed by atoms with Gasteiger partial charge >= 0.3 is 5.97 Å². The monoisotopic (exact) mass is 250 g/mol. The third kappa shape index (κ3) is 2.03. The number of hydrogen-bond donors (Lipinski definition) is 1. The fourth-order valence-electron chi connectivity index (χ4n) is 3.12. The molecular formula is C13H18N2O3. The molecule has 0 radical (unpaired) electrons. The first-order valence-electron chi connectivity index (χ1n) is 6.64. The average Bonchev–Trinajstić information content (AvgIpc) is 2.96. The molecule has 0 bridgehead atoms. The van der Waals surface area contributed by atoms with Crippen LogP contribution < -0.4 is 0 Å². The second-order valence-electron chi connectivity index (χ2n) is 5.15. The largest absolute Gasteiger partial charge is 0.481 e. The molecule has 0 spiro atoms. The first-order valence-corrected chi connectivity index (χ1v) is 6.64. The van der Waals surface area contributed by atoms with Gasteiger partial charge in [0.15, 0.2) is 0 Å². The van der Waals surface area contributed by atoms with Crippen molar-refractivity contribution in [2.24, 2.45) is 0 Å². The molecule has 2 aliphatic heterocycles. The summed E-state index contributed by atoms with van der Waals surface area (Å²) >= 11 is 0. The summed E-state index contributed by atoms with van der Waals surface area (Å²) in [4.78, 5) is 15.5. The molecule has 0 amide bonds. The van der Waals surface area contributed by atoms with E-state index in [-0.39, 0.29) is 18.4 Å². The van der Waals surface area contributed by atoms with Crippen molar-refractivity contribution < 1.29 is 14.6 Å². The lowest BCUT2D eigenvalue weighted by atomic mass is 9.90. The minimum Gasteiger partial charge on any atom is -0.481 e. The Labute approximate surface area is 106 Å². The van der Waals surface area contributed by atoms with E-state index in [1.807, 2.05) is 6.33 Å². The van der Waals surface area contributed by atoms with Gasteiger partial charge in [-0.1, -0.05) is 0 Å². The number of imidazole rings is 1. The van der Waals surface area contributed by atoms with Crippen molar-refractivity contribution in [2.75, 3.05) is 6.61 Å². The second kappa shape index (κ2) is 4.72. The summed E-state index contributed by atoms with van der Waals surface area (Å²) in [6.45, 7) is 1.74. The highest BCUT2D eigenvalue weighted by Crippen LogP contribution is 2.38. The maximum atomic E-state index is 11.0. The van der Waals surface area contributed by atoms with Gasteiger partial charge in [0.1, 0.15) is 6.10 Å². The molecule has 1 N–H and O–H groups in total. The molecule has 1 aromatic rings. The second-order valence-corrected chi connectivity index (χ2v) is 5.15. The fraction of sp³-hybridized carbons (Fsp3) is 0.692. The molecule has 0 aromatic carbocycles. The zero-order chi connectivity index (χ0) is 12.5. The van der Waals surface area contributed by atoms with Crippen LogP contribution in [0.15, 0.2) is 6.33 Å². The van der Waals surface area contributed by atoms with E-state index >= 15 is 0 Å². The van der Waals surface area contributed by atoms with Crippen LogP contribution in [-0.4, -0.2) is 27.2 Å². The zero-order valence-corrected chi connectivity index (χ0v) is 10.3. The van der Waals surface area contributed by atoms with Gasteiger partial charge in [-0.15, -0.1) is 0 Å². The van der Waals surface area contributed by atoms with Gasteiger partial charge in [-0.25, -0.2) is 4.98 Å². The number of carbonyl (C=O) groups is 1. The summed E-state index contributed by atoms with van der Waals surface area (Å²) in [6.07, 6.45) is 6.18. The predicted octanol–water partition coefficient (Wildman–Crippen LogP) is 2.09. The van der Waals surface area contributed by atoms with Gasteiger partial charge in [-0.2, -0.15) is 0 Å². The lowest BCUT2D eigenvalue weighted by Gasteiger charge is -2.25. The molecule has 98 valence electrons. The molecule has 2 aliphatic rings. The van der Waals surface area contributed by atoms with E-state index in [0.717, 1.165) is 50.2 Å². The van der Waals surface area contributed by atoms with Gasteiger partial charge in [0.05, 0.1) is 18.4 Å². The average molecular weight is 250 g/mol. The number of carboxylic acid groups (broad SMARTS) is 1. The molecule has 5 heteroatoms. The number of aromatic nitrogens is 2. The zero-order valence-electron chi connectivity index (χ0n) is 10.3. The first-order chi connectivity index (χ1) is 8.75. The molecule has 3 heterocycles. The quantitative estimate of drug-likeness (QED) is 0.892. The summed E-state index contributed by atoms with van der Waals surface area (Å²) in [5, 5.41) is 9.02. The molecule has 18 heavy (non-hydrogen) atoms. The number of nitrogens with zero attached hydrogens (tertiary/aromatic N) is 2. The number of fused-ring (bicyclic) bond motifs is 1. The molecule has 0 aliphatic carbocycles. The van der Waals surface area contributed by atoms with Gasteiger partial charge in [0.25, 0.3) is 0 Å².